The summed E-state index contributed by atoms with van der Waals surface area (Å²) in [7, 11) is 3.95. The van der Waals surface area contributed by atoms with Gasteiger partial charge in [-0.2, -0.15) is 0 Å². The molecule has 0 aromatic carbocycles. The summed E-state index contributed by atoms with van der Waals surface area (Å²) < 4.78 is 0.514. The van der Waals surface area contributed by atoms with Crippen LogP contribution in [0.15, 0.2) is 0 Å². The molecule has 29 heavy (non-hydrogen) atoms. The van der Waals surface area contributed by atoms with Gasteiger partial charge in [-0.1, -0.05) is 103 Å². The highest BCUT2D eigenvalue weighted by Gasteiger charge is 2.29. The Morgan fingerprint density at radius 3 is 1.55 bits per heavy atom. The number of carbonyl (C=O) groups excluding carboxylic acids is 1. The number of hydrogen-bond donors (Lipinski definition) is 1. The summed E-state index contributed by atoms with van der Waals surface area (Å²) in [6.07, 6.45) is 21.0. The van der Waals surface area contributed by atoms with Crippen molar-refractivity contribution >= 4 is 5.97 Å². The van der Waals surface area contributed by atoms with Crippen LogP contribution in [0.1, 0.15) is 123 Å². The van der Waals surface area contributed by atoms with Crippen molar-refractivity contribution in [2.75, 3.05) is 27.2 Å². The molecule has 0 aliphatic heterocycles. The van der Waals surface area contributed by atoms with E-state index < -0.39 is 11.6 Å². The zero-order valence-electron chi connectivity index (χ0n) is 20.1. The minimum Gasteiger partial charge on any atom is -0.550 e. The molecule has 0 heterocycles. The number of nitrogens with zero attached hydrogens (tertiary/aromatic N) is 1. The first kappa shape index (κ1) is 28.4. The van der Waals surface area contributed by atoms with Crippen molar-refractivity contribution in [1.82, 2.24) is 0 Å². The zero-order chi connectivity index (χ0) is 22.0. The summed E-state index contributed by atoms with van der Waals surface area (Å²) in [5.74, 6) is -1.02. The molecule has 0 saturated carbocycles. The van der Waals surface area contributed by atoms with Gasteiger partial charge in [0, 0.05) is 12.4 Å². The van der Waals surface area contributed by atoms with E-state index >= 15 is 0 Å². The highest BCUT2D eigenvalue weighted by molar-refractivity contribution is 5.64. The van der Waals surface area contributed by atoms with Crippen LogP contribution in [0.4, 0.5) is 0 Å². The van der Waals surface area contributed by atoms with Crippen LogP contribution in [0.3, 0.4) is 0 Å². The molecule has 0 aliphatic rings. The summed E-state index contributed by atoms with van der Waals surface area (Å²) in [5.41, 5.74) is -0.730. The third kappa shape index (κ3) is 20.4. The van der Waals surface area contributed by atoms with Crippen molar-refractivity contribution in [3.05, 3.63) is 0 Å². The van der Waals surface area contributed by atoms with Crippen molar-refractivity contribution < 1.29 is 19.5 Å². The van der Waals surface area contributed by atoms with Gasteiger partial charge in [0.2, 0.25) is 0 Å². The molecule has 1 unspecified atom stereocenters. The largest absolute Gasteiger partial charge is 0.550 e. The Kier molecular flexibility index (Phi) is 16.7. The van der Waals surface area contributed by atoms with Gasteiger partial charge in [-0.25, -0.2) is 0 Å². The quantitative estimate of drug-likeness (QED) is 0.207. The summed E-state index contributed by atoms with van der Waals surface area (Å²) in [6, 6.07) is 0. The average Bonchev–Trinajstić information content (AvgIpc) is 2.62. The lowest BCUT2D eigenvalue weighted by molar-refractivity contribution is -0.896. The molecular weight excluding hydrogens is 362 g/mol. The van der Waals surface area contributed by atoms with Crippen molar-refractivity contribution in [3.63, 3.8) is 0 Å². The SMILES string of the molecule is CCCCCCCCCCCCCCCCCC(C)(O)C[N+](C)(C)CCC(=O)[O-]. The number of unbranched alkanes of at least 4 members (excludes halogenated alkanes) is 14. The Morgan fingerprint density at radius 1 is 0.793 bits per heavy atom. The third-order valence-electron chi connectivity index (χ3n) is 6.01. The molecule has 1 N–H and O–H groups in total. The van der Waals surface area contributed by atoms with Gasteiger partial charge in [-0.05, 0) is 13.3 Å². The number of aliphatic carboxylic acids is 1. The minimum absolute atomic E-state index is 0.0437. The molecule has 1 atom stereocenters. The second-order valence-corrected chi connectivity index (χ2v) is 10.1. The van der Waals surface area contributed by atoms with E-state index in [2.05, 4.69) is 6.92 Å². The lowest BCUT2D eigenvalue weighted by Gasteiger charge is -2.36. The molecule has 4 nitrogen and oxygen atoms in total. The fraction of sp³-hybridized carbons (Fsp3) is 0.960. The van der Waals surface area contributed by atoms with E-state index in [1.807, 2.05) is 21.0 Å². The van der Waals surface area contributed by atoms with Gasteiger partial charge in [0.05, 0.1) is 20.6 Å². The molecule has 0 amide bonds. The maximum atomic E-state index is 10.7. The lowest BCUT2D eigenvalue weighted by atomic mass is 9.96. The molecule has 0 rings (SSSR count). The van der Waals surface area contributed by atoms with Gasteiger partial charge in [-0.15, -0.1) is 0 Å². The van der Waals surface area contributed by atoms with Gasteiger partial charge in [0.1, 0.15) is 12.1 Å². The predicted octanol–water partition coefficient (Wildman–Crippen LogP) is 5.22. The van der Waals surface area contributed by atoms with E-state index in [9.17, 15) is 15.0 Å². The molecule has 0 aromatic rings. The van der Waals surface area contributed by atoms with Crippen molar-refractivity contribution in [2.45, 2.75) is 129 Å². The number of quaternary nitrogens is 1. The van der Waals surface area contributed by atoms with Gasteiger partial charge < -0.3 is 19.5 Å². The topological polar surface area (TPSA) is 60.4 Å². The highest BCUT2D eigenvalue weighted by Crippen LogP contribution is 2.20. The Bertz CT molecular complexity index is 394. The molecule has 0 spiro atoms. The smallest absolute Gasteiger partial charge is 0.111 e. The minimum atomic E-state index is -1.02. The zero-order valence-corrected chi connectivity index (χ0v) is 20.1. The summed E-state index contributed by atoms with van der Waals surface area (Å²) in [6.45, 7) is 5.24. The number of carbonyl (C=O) groups is 1. The van der Waals surface area contributed by atoms with E-state index in [0.717, 1.165) is 12.8 Å². The fourth-order valence-electron chi connectivity index (χ4n) is 4.35. The van der Waals surface area contributed by atoms with Crippen molar-refractivity contribution in [3.8, 4) is 0 Å². The first-order valence-electron chi connectivity index (χ1n) is 12.4. The van der Waals surface area contributed by atoms with Crippen LogP contribution in [0, 0.1) is 0 Å². The molecular formula is C25H51NO3. The normalized spacial score (nSPS) is 14.1. The number of carboxylic acids is 1. The first-order chi connectivity index (χ1) is 13.7. The van der Waals surface area contributed by atoms with E-state index in [1.54, 1.807) is 0 Å². The Hall–Kier alpha value is -0.610. The maximum Gasteiger partial charge on any atom is 0.111 e. The van der Waals surface area contributed by atoms with Gasteiger partial charge in [-0.3, -0.25) is 0 Å². The third-order valence-corrected chi connectivity index (χ3v) is 6.01. The van der Waals surface area contributed by atoms with Gasteiger partial charge in [0.25, 0.3) is 0 Å². The molecule has 0 fully saturated rings. The molecule has 0 bridgehead atoms. The molecule has 0 aliphatic carbocycles. The first-order valence-corrected chi connectivity index (χ1v) is 12.4. The Morgan fingerprint density at radius 2 is 1.17 bits per heavy atom. The van der Waals surface area contributed by atoms with E-state index in [-0.39, 0.29) is 6.42 Å². The second-order valence-electron chi connectivity index (χ2n) is 10.1. The molecule has 174 valence electrons. The van der Waals surface area contributed by atoms with Crippen LogP contribution in [-0.4, -0.2) is 48.3 Å². The standard InChI is InChI=1S/C25H51NO3/c1-5-6-7-8-9-10-11-12-13-14-15-16-17-18-19-21-25(2,29)23-26(3,4)22-20-24(27)28/h29H,5-23H2,1-4H3. The van der Waals surface area contributed by atoms with E-state index in [4.69, 9.17) is 0 Å². The average molecular weight is 414 g/mol. The number of rotatable bonds is 21. The van der Waals surface area contributed by atoms with Crippen molar-refractivity contribution in [2.24, 2.45) is 0 Å². The van der Waals surface area contributed by atoms with Crippen molar-refractivity contribution in [1.29, 1.82) is 0 Å². The maximum absolute atomic E-state index is 10.7. The number of likely N-dealkylation sites (N-methyl/N-ethyl adjacent to an activating group) is 1. The molecule has 0 saturated heterocycles. The van der Waals surface area contributed by atoms with Gasteiger partial charge >= 0.3 is 0 Å². The number of carboxylic acid groups (broad SMARTS) is 1. The van der Waals surface area contributed by atoms with Crippen LogP contribution in [0.2, 0.25) is 0 Å². The summed E-state index contributed by atoms with van der Waals surface area (Å²) in [4.78, 5) is 10.7. The van der Waals surface area contributed by atoms with Crippen LogP contribution < -0.4 is 5.11 Å². The highest BCUT2D eigenvalue weighted by atomic mass is 16.4. The van der Waals surface area contributed by atoms with Gasteiger partial charge in [0.15, 0.2) is 0 Å². The molecule has 0 aromatic heterocycles. The van der Waals surface area contributed by atoms with Crippen LogP contribution in [0.25, 0.3) is 0 Å². The Balaban J connectivity index is 3.51. The monoisotopic (exact) mass is 413 g/mol. The predicted molar refractivity (Wildman–Crippen MR) is 122 cm³/mol. The Labute approximate surface area is 181 Å². The van der Waals surface area contributed by atoms with Crippen LogP contribution in [0.5, 0.6) is 0 Å². The fourth-order valence-corrected chi connectivity index (χ4v) is 4.35. The van der Waals surface area contributed by atoms with E-state index in [0.29, 0.717) is 17.6 Å². The number of hydrogen-bond acceptors (Lipinski definition) is 3. The molecule has 4 heteroatoms. The van der Waals surface area contributed by atoms with Crippen LogP contribution >= 0.6 is 0 Å². The number of aliphatic hydroxyl groups is 1. The van der Waals surface area contributed by atoms with Crippen LogP contribution in [-0.2, 0) is 4.79 Å². The lowest BCUT2D eigenvalue weighted by Crippen LogP contribution is -2.51. The summed E-state index contributed by atoms with van der Waals surface area (Å²) >= 11 is 0. The van der Waals surface area contributed by atoms with E-state index in [1.165, 1.54) is 89.9 Å². The molecule has 0 radical (unpaired) electrons. The second kappa shape index (κ2) is 17.1. The summed E-state index contributed by atoms with van der Waals surface area (Å²) in [5, 5.41) is 21.3.